The number of nitrogens with two attached hydrogens (primary N) is 1. The summed E-state index contributed by atoms with van der Waals surface area (Å²) in [6.07, 6.45) is 6.80. The number of benzene rings is 2. The molecule has 2 saturated carbocycles. The average Bonchev–Trinajstić information content (AvgIpc) is 3.19. The topological polar surface area (TPSA) is 184 Å². The standard InChI is InChI=1S/C47H60N8O6/c1-27(2)54(26-30-14-16-53(17-15-30)45-50-24-32(25-51-45)40(49)57)33-21-36(22-33)60-34-11-9-10-31(20-34)42(59)55(38-12-13-39(56)52-41(38)58)43-46(5,6)44(47(43,7)8)61-35-18-28(3)37(23-48)29(4)19-35/h9-11,18-20,24-25,27,30,33,36,38,43-44H,12-17,21-22,26H2,1-8H3,(H2,49,57)(H,52,56,58). The second-order valence-electron chi connectivity index (χ2n) is 19.0. The van der Waals surface area contributed by atoms with Crippen LogP contribution in [0.1, 0.15) is 117 Å². The van der Waals surface area contributed by atoms with Gasteiger partial charge in [-0.05, 0) is 94.3 Å². The molecule has 4 aliphatic rings. The molecule has 2 aliphatic carbocycles. The van der Waals surface area contributed by atoms with E-state index in [1.165, 1.54) is 12.4 Å². The lowest BCUT2D eigenvalue weighted by Crippen LogP contribution is -2.77. The molecule has 0 spiro atoms. The fourth-order valence-corrected chi connectivity index (χ4v) is 10.8. The Labute approximate surface area is 359 Å². The molecule has 2 saturated heterocycles. The average molecular weight is 833 g/mol. The van der Waals surface area contributed by atoms with E-state index in [0.29, 0.717) is 52.1 Å². The Morgan fingerprint density at radius 2 is 1.59 bits per heavy atom. The molecule has 7 rings (SSSR count). The van der Waals surface area contributed by atoms with Crippen molar-refractivity contribution in [3.05, 3.63) is 76.6 Å². The molecule has 14 nitrogen and oxygen atoms in total. The number of hydrogen-bond acceptors (Lipinski definition) is 11. The molecule has 4 fully saturated rings. The highest BCUT2D eigenvalue weighted by Crippen LogP contribution is 2.59. The lowest BCUT2D eigenvalue weighted by atomic mass is 9.48. The van der Waals surface area contributed by atoms with Crippen LogP contribution in [0.2, 0.25) is 0 Å². The van der Waals surface area contributed by atoms with E-state index in [-0.39, 0.29) is 36.9 Å². The van der Waals surface area contributed by atoms with Crippen molar-refractivity contribution < 1.29 is 28.7 Å². The summed E-state index contributed by atoms with van der Waals surface area (Å²) >= 11 is 0. The number of carbonyl (C=O) groups is 4. The Bertz CT molecular complexity index is 2160. The first-order valence-corrected chi connectivity index (χ1v) is 21.6. The number of aromatic nitrogens is 2. The summed E-state index contributed by atoms with van der Waals surface area (Å²) in [5, 5.41) is 12.1. The number of imide groups is 1. The van der Waals surface area contributed by atoms with Gasteiger partial charge < -0.3 is 25.0 Å². The zero-order chi connectivity index (χ0) is 44.0. The highest BCUT2D eigenvalue weighted by Gasteiger charge is 2.67. The summed E-state index contributed by atoms with van der Waals surface area (Å²) in [5.74, 6) is 0.765. The van der Waals surface area contributed by atoms with Crippen LogP contribution < -0.4 is 25.4 Å². The predicted molar refractivity (Wildman–Crippen MR) is 230 cm³/mol. The third kappa shape index (κ3) is 8.67. The van der Waals surface area contributed by atoms with Gasteiger partial charge in [0.25, 0.3) is 11.8 Å². The number of carbonyl (C=O) groups excluding carboxylic acids is 4. The second kappa shape index (κ2) is 17.1. The van der Waals surface area contributed by atoms with Crippen LogP contribution in [0.3, 0.4) is 0 Å². The van der Waals surface area contributed by atoms with Gasteiger partial charge in [0.1, 0.15) is 29.7 Å². The van der Waals surface area contributed by atoms with Gasteiger partial charge in [-0.15, -0.1) is 0 Å². The summed E-state index contributed by atoms with van der Waals surface area (Å²) in [5.41, 5.74) is 7.16. The zero-order valence-corrected chi connectivity index (χ0v) is 36.7. The molecular weight excluding hydrogens is 773 g/mol. The maximum atomic E-state index is 14.9. The molecule has 3 aromatic rings. The minimum atomic E-state index is -0.844. The van der Waals surface area contributed by atoms with E-state index in [1.54, 1.807) is 17.0 Å². The van der Waals surface area contributed by atoms with Gasteiger partial charge in [0.15, 0.2) is 0 Å². The van der Waals surface area contributed by atoms with Crippen molar-refractivity contribution in [1.29, 1.82) is 5.26 Å². The number of piperidine rings is 2. The van der Waals surface area contributed by atoms with E-state index in [1.807, 2.05) is 38.1 Å². The normalized spacial score (nSPS) is 24.6. The first-order valence-electron chi connectivity index (χ1n) is 21.6. The fourth-order valence-electron chi connectivity index (χ4n) is 10.8. The maximum Gasteiger partial charge on any atom is 0.254 e. The number of rotatable bonds is 13. The van der Waals surface area contributed by atoms with Crippen LogP contribution in [0.15, 0.2) is 48.8 Å². The van der Waals surface area contributed by atoms with Gasteiger partial charge >= 0.3 is 0 Å². The molecule has 3 heterocycles. The third-order valence-corrected chi connectivity index (χ3v) is 13.6. The van der Waals surface area contributed by atoms with Gasteiger partial charge in [0.05, 0.1) is 23.2 Å². The maximum absolute atomic E-state index is 14.9. The highest BCUT2D eigenvalue weighted by molar-refractivity contribution is 6.04. The fraction of sp³-hybridized carbons (Fsp3) is 0.553. The molecule has 61 heavy (non-hydrogen) atoms. The molecule has 4 amide bonds. The van der Waals surface area contributed by atoms with Crippen molar-refractivity contribution in [3.63, 3.8) is 0 Å². The second-order valence-corrected chi connectivity index (χ2v) is 19.0. The Kier molecular flexibility index (Phi) is 12.2. The van der Waals surface area contributed by atoms with E-state index in [4.69, 9.17) is 15.2 Å². The molecule has 0 bridgehead atoms. The first-order chi connectivity index (χ1) is 28.9. The first kappa shape index (κ1) is 43.5. The van der Waals surface area contributed by atoms with Gasteiger partial charge in [-0.3, -0.25) is 29.4 Å². The van der Waals surface area contributed by atoms with E-state index >= 15 is 0 Å². The summed E-state index contributed by atoms with van der Waals surface area (Å²) < 4.78 is 13.2. The molecular formula is C47H60N8O6. The number of hydrogen-bond donors (Lipinski definition) is 2. The van der Waals surface area contributed by atoms with Gasteiger partial charge in [-0.1, -0.05) is 33.8 Å². The molecule has 1 unspecified atom stereocenters. The quantitative estimate of drug-likeness (QED) is 0.201. The number of ether oxygens (including phenoxy) is 2. The lowest BCUT2D eigenvalue weighted by molar-refractivity contribution is -0.206. The van der Waals surface area contributed by atoms with E-state index in [0.717, 1.165) is 56.4 Å². The van der Waals surface area contributed by atoms with Crippen molar-refractivity contribution in [2.75, 3.05) is 24.5 Å². The van der Waals surface area contributed by atoms with E-state index in [9.17, 15) is 24.4 Å². The molecule has 1 aromatic heterocycles. The van der Waals surface area contributed by atoms with Gasteiger partial charge in [-0.25, -0.2) is 9.97 Å². The van der Waals surface area contributed by atoms with Crippen LogP contribution in [0.25, 0.3) is 0 Å². The number of nitriles is 1. The van der Waals surface area contributed by atoms with Crippen molar-refractivity contribution in [2.24, 2.45) is 22.5 Å². The molecule has 0 radical (unpaired) electrons. The lowest BCUT2D eigenvalue weighted by Gasteiger charge is -2.66. The highest BCUT2D eigenvalue weighted by atomic mass is 16.5. The Hall–Kier alpha value is -5.55. The summed E-state index contributed by atoms with van der Waals surface area (Å²) in [6.45, 7) is 19.2. The SMILES string of the molecule is Cc1cc(OC2C(C)(C)C(N(C(=O)c3cccc(OC4CC(N(CC5CCN(c6ncc(C(N)=O)cn6)CC5)C(C)C)C4)c3)C3CCC(=O)NC3=O)C2(C)C)cc(C)c1C#N. The Morgan fingerprint density at radius 3 is 2.16 bits per heavy atom. The Morgan fingerprint density at radius 1 is 0.951 bits per heavy atom. The van der Waals surface area contributed by atoms with Crippen LogP contribution in [0.4, 0.5) is 5.95 Å². The number of anilines is 1. The van der Waals surface area contributed by atoms with E-state index in [2.05, 4.69) is 72.7 Å². The number of primary amides is 1. The summed E-state index contributed by atoms with van der Waals surface area (Å²) in [4.78, 5) is 67.3. The van der Waals surface area contributed by atoms with Gasteiger partial charge in [0, 0.05) is 79.8 Å². The largest absolute Gasteiger partial charge is 0.490 e. The minimum Gasteiger partial charge on any atom is -0.490 e. The van der Waals surface area contributed by atoms with Crippen molar-refractivity contribution >= 4 is 29.6 Å². The monoisotopic (exact) mass is 832 g/mol. The molecule has 2 aromatic carbocycles. The number of nitrogens with zero attached hydrogens (tertiary/aromatic N) is 6. The Balaban J connectivity index is 1.01. The van der Waals surface area contributed by atoms with Gasteiger partial charge in [-0.2, -0.15) is 5.26 Å². The minimum absolute atomic E-state index is 0.00196. The number of amides is 4. The summed E-state index contributed by atoms with van der Waals surface area (Å²) in [6, 6.07) is 12.8. The molecule has 1 atom stereocenters. The molecule has 14 heteroatoms. The number of nitrogens with one attached hydrogen (secondary N) is 1. The van der Waals surface area contributed by atoms with E-state index < -0.39 is 34.7 Å². The molecule has 3 N–H and O–H groups in total. The number of aryl methyl sites for hydroxylation is 2. The van der Waals surface area contributed by atoms with Crippen molar-refractivity contribution in [2.45, 2.75) is 130 Å². The van der Waals surface area contributed by atoms with Crippen molar-refractivity contribution in [1.82, 2.24) is 25.1 Å². The molecule has 324 valence electrons. The van der Waals surface area contributed by atoms with Crippen LogP contribution in [0.5, 0.6) is 11.5 Å². The predicted octanol–water partition coefficient (Wildman–Crippen LogP) is 5.73. The van der Waals surface area contributed by atoms with Crippen molar-refractivity contribution in [3.8, 4) is 17.6 Å². The molecule has 2 aliphatic heterocycles. The van der Waals surface area contributed by atoms with Crippen LogP contribution >= 0.6 is 0 Å². The van der Waals surface area contributed by atoms with Crippen LogP contribution in [0, 0.1) is 41.9 Å². The zero-order valence-electron chi connectivity index (χ0n) is 36.7. The smallest absolute Gasteiger partial charge is 0.254 e. The third-order valence-electron chi connectivity index (χ3n) is 13.6. The van der Waals surface area contributed by atoms with Crippen LogP contribution in [-0.4, -0.2) is 99.4 Å². The van der Waals surface area contributed by atoms with Crippen LogP contribution in [-0.2, 0) is 9.59 Å². The van der Waals surface area contributed by atoms with Gasteiger partial charge in [0.2, 0.25) is 17.8 Å². The summed E-state index contributed by atoms with van der Waals surface area (Å²) in [7, 11) is 0.